The van der Waals surface area contributed by atoms with E-state index in [2.05, 4.69) is 12.2 Å². The van der Waals surface area contributed by atoms with Crippen molar-refractivity contribution in [1.29, 1.82) is 0 Å². The molecule has 2 aromatic rings. The van der Waals surface area contributed by atoms with Gasteiger partial charge in [-0.05, 0) is 35.7 Å². The van der Waals surface area contributed by atoms with Gasteiger partial charge in [0.15, 0.2) is 0 Å². The van der Waals surface area contributed by atoms with Crippen LogP contribution in [0.25, 0.3) is 0 Å². The number of hydrogen-bond acceptors (Lipinski definition) is 4. The van der Waals surface area contributed by atoms with E-state index in [1.165, 1.54) is 69.4 Å². The van der Waals surface area contributed by atoms with Gasteiger partial charge in [-0.2, -0.15) is 13.2 Å². The number of carbonyl (C=O) groups excluding carboxylic acids is 2. The Kier molecular flexibility index (Phi) is 13.9. The summed E-state index contributed by atoms with van der Waals surface area (Å²) < 4.78 is 39.2. The van der Waals surface area contributed by atoms with E-state index < -0.39 is 17.7 Å². The molecule has 5 nitrogen and oxygen atoms in total. The van der Waals surface area contributed by atoms with Crippen LogP contribution in [0, 0.1) is 0 Å². The van der Waals surface area contributed by atoms with E-state index in [1.807, 2.05) is 0 Å². The number of nitrogens with zero attached hydrogens (tertiary/aromatic N) is 1. The second kappa shape index (κ2) is 16.9. The molecule has 1 N–H and O–H groups in total. The Morgan fingerprint density at radius 3 is 1.95 bits per heavy atom. The minimum Gasteiger partial charge on any atom is -0.368 e. The fourth-order valence-corrected chi connectivity index (χ4v) is 4.28. The van der Waals surface area contributed by atoms with Crippen LogP contribution < -0.4 is 5.32 Å². The van der Waals surface area contributed by atoms with Gasteiger partial charge in [0.1, 0.15) is 0 Å². The Balaban J connectivity index is 1.83. The van der Waals surface area contributed by atoms with Gasteiger partial charge in [-0.25, -0.2) is 0 Å². The highest BCUT2D eigenvalue weighted by atomic mass is 19.4. The lowest BCUT2D eigenvalue weighted by molar-refractivity contribution is -0.194. The lowest BCUT2D eigenvalue weighted by atomic mass is 10.1. The lowest BCUT2D eigenvalue weighted by Gasteiger charge is -2.21. The molecule has 0 saturated carbocycles. The van der Waals surface area contributed by atoms with Gasteiger partial charge < -0.3 is 10.2 Å². The zero-order valence-corrected chi connectivity index (χ0v) is 22.6. The Morgan fingerprint density at radius 1 is 0.816 bits per heavy atom. The van der Waals surface area contributed by atoms with E-state index in [1.54, 1.807) is 30.3 Å². The highest BCUT2D eigenvalue weighted by Crippen LogP contribution is 2.30. The smallest absolute Gasteiger partial charge is 0.368 e. The zero-order valence-electron chi connectivity index (χ0n) is 22.6. The van der Waals surface area contributed by atoms with E-state index in [9.17, 15) is 22.8 Å². The molecule has 8 heteroatoms. The molecule has 2 rings (SSSR count). The van der Waals surface area contributed by atoms with Crippen LogP contribution in [0.4, 0.5) is 13.2 Å². The van der Waals surface area contributed by atoms with Crippen molar-refractivity contribution >= 4 is 11.9 Å². The predicted molar refractivity (Wildman–Crippen MR) is 143 cm³/mol. The predicted octanol–water partition coefficient (Wildman–Crippen LogP) is 7.84. The van der Waals surface area contributed by atoms with E-state index in [-0.39, 0.29) is 19.0 Å². The minimum atomic E-state index is -4.46. The van der Waals surface area contributed by atoms with Gasteiger partial charge in [0.25, 0.3) is 5.91 Å². The first-order valence-corrected chi connectivity index (χ1v) is 13.7. The van der Waals surface area contributed by atoms with E-state index in [0.29, 0.717) is 23.2 Å². The largest absolute Gasteiger partial charge is 0.416 e. The molecule has 0 saturated heterocycles. The van der Waals surface area contributed by atoms with Gasteiger partial charge in [0, 0.05) is 19.0 Å². The molecule has 0 fully saturated rings. The number of nitrogens with one attached hydrogen (secondary N) is 1. The maximum absolute atomic E-state index is 13.1. The molecule has 0 aliphatic carbocycles. The fourth-order valence-electron chi connectivity index (χ4n) is 4.28. The number of halogens is 3. The van der Waals surface area contributed by atoms with Crippen molar-refractivity contribution in [3.05, 3.63) is 70.8 Å². The minimum absolute atomic E-state index is 0.0291. The molecular weight excluding hydrogens is 493 g/mol. The second-order valence-corrected chi connectivity index (χ2v) is 9.72. The van der Waals surface area contributed by atoms with Crippen LogP contribution in [0.1, 0.15) is 105 Å². The number of carbonyl (C=O) groups is 2. The summed E-state index contributed by atoms with van der Waals surface area (Å²) >= 11 is 0. The molecule has 1 amide bonds. The van der Waals surface area contributed by atoms with Gasteiger partial charge in [-0.3, -0.25) is 9.59 Å². The van der Waals surface area contributed by atoms with Crippen LogP contribution in [0.5, 0.6) is 0 Å². The first-order chi connectivity index (χ1) is 18.2. The standard InChI is InChI=1S/C30H41F3N2O3/c1-3-4-5-6-7-8-9-10-11-12-19-34-29(37)27-17-13-15-25(20-27)22-35(38-24(2)36)23-26-16-14-18-28(21-26)30(31,32)33/h13-18,20-21H,3-12,19,22-23H2,1-2H3,(H,34,37). The third-order valence-corrected chi connectivity index (χ3v) is 6.23. The van der Waals surface area contributed by atoms with Crippen LogP contribution in [-0.2, 0) is 28.9 Å². The summed E-state index contributed by atoms with van der Waals surface area (Å²) in [5.41, 5.74) is 0.770. The molecule has 0 aliphatic rings. The number of alkyl halides is 3. The van der Waals surface area contributed by atoms with Gasteiger partial charge in [-0.15, -0.1) is 5.06 Å². The summed E-state index contributed by atoms with van der Waals surface area (Å²) in [5, 5.41) is 4.24. The highest BCUT2D eigenvalue weighted by molar-refractivity contribution is 5.94. The fraction of sp³-hybridized carbons (Fsp3) is 0.533. The van der Waals surface area contributed by atoms with Crippen LogP contribution in [-0.4, -0.2) is 23.5 Å². The van der Waals surface area contributed by atoms with Gasteiger partial charge in [0.05, 0.1) is 18.7 Å². The summed E-state index contributed by atoms with van der Waals surface area (Å²) in [5.74, 6) is -0.762. The first-order valence-electron chi connectivity index (χ1n) is 13.7. The monoisotopic (exact) mass is 534 g/mol. The second-order valence-electron chi connectivity index (χ2n) is 9.72. The van der Waals surface area contributed by atoms with Crippen molar-refractivity contribution in [2.45, 2.75) is 97.3 Å². The van der Waals surface area contributed by atoms with E-state index in [0.717, 1.165) is 25.0 Å². The van der Waals surface area contributed by atoms with Crippen LogP contribution in [0.3, 0.4) is 0 Å². The molecule has 0 radical (unpaired) electrons. The van der Waals surface area contributed by atoms with Crippen LogP contribution in [0.15, 0.2) is 48.5 Å². The Bertz CT molecular complexity index is 995. The molecule has 0 aromatic heterocycles. The average molecular weight is 535 g/mol. The van der Waals surface area contributed by atoms with Crippen LogP contribution >= 0.6 is 0 Å². The average Bonchev–Trinajstić information content (AvgIpc) is 2.86. The summed E-state index contributed by atoms with van der Waals surface area (Å²) in [6, 6.07) is 11.8. The van der Waals surface area contributed by atoms with E-state index >= 15 is 0 Å². The quantitative estimate of drug-likeness (QED) is 0.166. The maximum Gasteiger partial charge on any atom is 0.416 e. The summed E-state index contributed by atoms with van der Waals surface area (Å²) in [7, 11) is 0. The summed E-state index contributed by atoms with van der Waals surface area (Å²) in [4.78, 5) is 29.5. The van der Waals surface area contributed by atoms with Crippen molar-refractivity contribution in [1.82, 2.24) is 10.4 Å². The molecule has 0 heterocycles. The van der Waals surface area contributed by atoms with Crippen molar-refractivity contribution in [3.8, 4) is 0 Å². The molecular formula is C30H41F3N2O3. The zero-order chi connectivity index (χ0) is 27.8. The molecule has 0 aliphatic heterocycles. The molecule has 210 valence electrons. The Labute approximate surface area is 224 Å². The number of hydroxylamine groups is 2. The number of hydrogen-bond donors (Lipinski definition) is 1. The van der Waals surface area contributed by atoms with Gasteiger partial charge in [0.2, 0.25) is 0 Å². The van der Waals surface area contributed by atoms with Crippen molar-refractivity contribution in [3.63, 3.8) is 0 Å². The SMILES string of the molecule is CCCCCCCCCCCCNC(=O)c1cccc(CN(Cc2cccc(C(F)(F)F)c2)OC(C)=O)c1. The summed E-state index contributed by atoms with van der Waals surface area (Å²) in [6.07, 6.45) is 7.81. The van der Waals surface area contributed by atoms with Crippen molar-refractivity contribution < 1.29 is 27.6 Å². The number of rotatable bonds is 17. The van der Waals surface area contributed by atoms with E-state index in [4.69, 9.17) is 4.84 Å². The van der Waals surface area contributed by atoms with Gasteiger partial charge >= 0.3 is 12.1 Å². The maximum atomic E-state index is 13.1. The molecule has 2 aromatic carbocycles. The normalized spacial score (nSPS) is 11.5. The Hall–Kier alpha value is -2.87. The molecule has 38 heavy (non-hydrogen) atoms. The lowest BCUT2D eigenvalue weighted by Crippen LogP contribution is -2.27. The third kappa shape index (κ3) is 12.6. The van der Waals surface area contributed by atoms with Crippen molar-refractivity contribution in [2.75, 3.05) is 6.54 Å². The number of benzene rings is 2. The molecule has 0 atom stereocenters. The van der Waals surface area contributed by atoms with Gasteiger partial charge in [-0.1, -0.05) is 95.0 Å². The number of amides is 1. The summed E-state index contributed by atoms with van der Waals surface area (Å²) in [6.45, 7) is 4.15. The Morgan fingerprint density at radius 2 is 1.37 bits per heavy atom. The highest BCUT2D eigenvalue weighted by Gasteiger charge is 2.30. The topological polar surface area (TPSA) is 58.6 Å². The van der Waals surface area contributed by atoms with Crippen LogP contribution in [0.2, 0.25) is 0 Å². The van der Waals surface area contributed by atoms with Crippen molar-refractivity contribution in [2.24, 2.45) is 0 Å². The molecule has 0 unspecified atom stereocenters. The first kappa shape index (κ1) is 31.3. The molecule has 0 spiro atoms. The number of unbranched alkanes of at least 4 members (excludes halogenated alkanes) is 9. The molecule has 0 bridgehead atoms. The third-order valence-electron chi connectivity index (χ3n) is 6.23.